The van der Waals surface area contributed by atoms with Crippen LogP contribution in [0.1, 0.15) is 11.3 Å². The first-order valence-electron chi connectivity index (χ1n) is 8.89. The van der Waals surface area contributed by atoms with E-state index in [0.29, 0.717) is 43.7 Å². The van der Waals surface area contributed by atoms with E-state index in [0.717, 1.165) is 0 Å². The van der Waals surface area contributed by atoms with E-state index >= 15 is 0 Å². The van der Waals surface area contributed by atoms with Crippen LogP contribution in [0.4, 0.5) is 0 Å². The van der Waals surface area contributed by atoms with Crippen LogP contribution in [0.5, 0.6) is 0 Å². The summed E-state index contributed by atoms with van der Waals surface area (Å²) in [6.45, 7) is 1.81. The first-order chi connectivity index (χ1) is 14.0. The molecule has 0 atom stereocenters. The third-order valence-corrected chi connectivity index (χ3v) is 5.08. The van der Waals surface area contributed by atoms with Crippen LogP contribution in [0.25, 0.3) is 28.3 Å². The standard InChI is InChI=1S/C21H14ClN5O2/c1-12-17(21(29)26(25-12)15-8-6-14(22)7-9-15)10-13-11-23-27-19(13)24-18-5-3-2-4-16(18)20(27)28/h2-11,25H,1H3. The molecule has 29 heavy (non-hydrogen) atoms. The van der Waals surface area contributed by atoms with Crippen molar-refractivity contribution < 1.29 is 0 Å². The number of rotatable bonds is 2. The number of hydrogen-bond donors (Lipinski definition) is 1. The number of halogens is 1. The minimum absolute atomic E-state index is 0.215. The van der Waals surface area contributed by atoms with Gasteiger partial charge in [0.15, 0.2) is 5.65 Å². The van der Waals surface area contributed by atoms with Crippen molar-refractivity contribution in [3.63, 3.8) is 0 Å². The molecule has 0 radical (unpaired) electrons. The van der Waals surface area contributed by atoms with Crippen LogP contribution in [0, 0.1) is 6.92 Å². The number of nitrogens with zero attached hydrogens (tertiary/aromatic N) is 4. The van der Waals surface area contributed by atoms with Crippen LogP contribution in [-0.2, 0) is 0 Å². The average Bonchev–Trinajstić information content (AvgIpc) is 3.25. The summed E-state index contributed by atoms with van der Waals surface area (Å²) in [5, 5.41) is 8.93. The maximum Gasteiger partial charge on any atom is 0.282 e. The Kier molecular flexibility index (Phi) is 3.85. The normalized spacial score (nSPS) is 12.3. The van der Waals surface area contributed by atoms with Gasteiger partial charge in [-0.3, -0.25) is 14.7 Å². The second-order valence-electron chi connectivity index (χ2n) is 6.68. The van der Waals surface area contributed by atoms with Gasteiger partial charge in [-0.15, -0.1) is 0 Å². The van der Waals surface area contributed by atoms with Crippen LogP contribution in [-0.4, -0.2) is 24.4 Å². The highest BCUT2D eigenvalue weighted by Gasteiger charge is 2.13. The number of hydrogen-bond acceptors (Lipinski definition) is 4. The van der Waals surface area contributed by atoms with Gasteiger partial charge in [-0.05, 0) is 49.4 Å². The van der Waals surface area contributed by atoms with Crippen molar-refractivity contribution in [2.24, 2.45) is 0 Å². The van der Waals surface area contributed by atoms with Crippen LogP contribution in [0.3, 0.4) is 0 Å². The fourth-order valence-electron chi connectivity index (χ4n) is 3.35. The molecule has 0 saturated heterocycles. The predicted octanol–water partition coefficient (Wildman–Crippen LogP) is 2.23. The van der Waals surface area contributed by atoms with Crippen molar-refractivity contribution in [3.8, 4) is 5.69 Å². The van der Waals surface area contributed by atoms with E-state index in [1.807, 2.05) is 13.0 Å². The zero-order valence-electron chi connectivity index (χ0n) is 15.3. The molecular formula is C21H14ClN5O2. The number of nitrogens with one attached hydrogen (secondary N) is 1. The van der Waals surface area contributed by atoms with E-state index in [-0.39, 0.29) is 11.1 Å². The van der Waals surface area contributed by atoms with Gasteiger partial charge in [0.1, 0.15) is 0 Å². The Bertz CT molecular complexity index is 1560. The fraction of sp³-hybridized carbons (Fsp3) is 0.0476. The number of aryl methyl sites for hydroxylation is 1. The van der Waals surface area contributed by atoms with E-state index in [1.54, 1.807) is 54.7 Å². The summed E-state index contributed by atoms with van der Waals surface area (Å²) in [6, 6.07) is 14.1. The number of para-hydroxylation sites is 1. The van der Waals surface area contributed by atoms with Crippen LogP contribution in [0.2, 0.25) is 5.02 Å². The summed E-state index contributed by atoms with van der Waals surface area (Å²) >= 11 is 5.93. The molecule has 3 aromatic heterocycles. The topological polar surface area (TPSA) is 85.0 Å². The zero-order chi connectivity index (χ0) is 20.1. The summed E-state index contributed by atoms with van der Waals surface area (Å²) in [6.07, 6.45) is 3.24. The molecule has 2 aromatic carbocycles. The van der Waals surface area contributed by atoms with Gasteiger partial charge in [-0.2, -0.15) is 9.61 Å². The number of fused-ring (bicyclic) bond motifs is 2. The highest BCUT2D eigenvalue weighted by molar-refractivity contribution is 6.30. The number of benzene rings is 2. The van der Waals surface area contributed by atoms with Gasteiger partial charge >= 0.3 is 0 Å². The smallest absolute Gasteiger partial charge is 0.282 e. The molecule has 0 unspecified atom stereocenters. The Labute approximate surface area is 168 Å². The molecule has 0 bridgehead atoms. The Morgan fingerprint density at radius 3 is 2.59 bits per heavy atom. The van der Waals surface area contributed by atoms with Crippen molar-refractivity contribution in [1.82, 2.24) is 24.4 Å². The summed E-state index contributed by atoms with van der Waals surface area (Å²) < 4.78 is 2.71. The second kappa shape index (κ2) is 6.42. The number of H-pyrrole nitrogens is 1. The molecule has 3 heterocycles. The second-order valence-corrected chi connectivity index (χ2v) is 7.12. The molecule has 0 aliphatic rings. The minimum Gasteiger partial charge on any atom is -0.295 e. The first kappa shape index (κ1) is 17.4. The van der Waals surface area contributed by atoms with Gasteiger partial charge in [-0.25, -0.2) is 9.67 Å². The largest absolute Gasteiger partial charge is 0.295 e. The monoisotopic (exact) mass is 403 g/mol. The lowest BCUT2D eigenvalue weighted by molar-refractivity contribution is 0.835. The van der Waals surface area contributed by atoms with Crippen LogP contribution in [0.15, 0.2) is 64.3 Å². The predicted molar refractivity (Wildman–Crippen MR) is 112 cm³/mol. The highest BCUT2D eigenvalue weighted by Crippen LogP contribution is 2.13. The first-order valence-corrected chi connectivity index (χ1v) is 9.26. The molecular weight excluding hydrogens is 390 g/mol. The summed E-state index contributed by atoms with van der Waals surface area (Å²) in [5.41, 5.74) is 2.37. The van der Waals surface area contributed by atoms with Gasteiger partial charge < -0.3 is 0 Å². The molecule has 5 aromatic rings. The maximum absolute atomic E-state index is 13.0. The lowest BCUT2D eigenvalue weighted by atomic mass is 10.2. The van der Waals surface area contributed by atoms with Crippen molar-refractivity contribution >= 4 is 34.2 Å². The third kappa shape index (κ3) is 2.75. The summed E-state index contributed by atoms with van der Waals surface area (Å²) in [4.78, 5) is 30.2. The van der Waals surface area contributed by atoms with Crippen molar-refractivity contribution in [2.45, 2.75) is 6.92 Å². The van der Waals surface area contributed by atoms with Gasteiger partial charge in [-0.1, -0.05) is 23.7 Å². The lowest BCUT2D eigenvalue weighted by Crippen LogP contribution is -2.18. The Balaban J connectivity index is 1.74. The van der Waals surface area contributed by atoms with Crippen molar-refractivity contribution in [1.29, 1.82) is 0 Å². The van der Waals surface area contributed by atoms with E-state index in [2.05, 4.69) is 15.2 Å². The Morgan fingerprint density at radius 2 is 1.79 bits per heavy atom. The fourth-order valence-corrected chi connectivity index (χ4v) is 3.48. The molecule has 142 valence electrons. The molecule has 0 aliphatic heterocycles. The summed E-state index contributed by atoms with van der Waals surface area (Å²) in [7, 11) is 0. The van der Waals surface area contributed by atoms with Crippen LogP contribution < -0.4 is 16.3 Å². The van der Waals surface area contributed by atoms with Gasteiger partial charge in [0.05, 0.1) is 28.4 Å². The maximum atomic E-state index is 13.0. The number of aromatic nitrogens is 5. The van der Waals surface area contributed by atoms with Crippen LogP contribution >= 0.6 is 11.6 Å². The van der Waals surface area contributed by atoms with Crippen molar-refractivity contribution in [3.05, 3.63) is 96.9 Å². The van der Waals surface area contributed by atoms with E-state index < -0.39 is 0 Å². The highest BCUT2D eigenvalue weighted by atomic mass is 35.5. The summed E-state index contributed by atoms with van der Waals surface area (Å²) in [5.74, 6) is 0. The van der Waals surface area contributed by atoms with E-state index in [4.69, 9.17) is 11.6 Å². The van der Waals surface area contributed by atoms with Crippen molar-refractivity contribution in [2.75, 3.05) is 0 Å². The SMILES string of the molecule is Cc1[nH]n(-c2ccc(Cl)cc2)c(=O)c1C=c1cnn2c(=O)c3ccccc3nc12. The molecule has 1 N–H and O–H groups in total. The Hall–Kier alpha value is -3.71. The van der Waals surface area contributed by atoms with Gasteiger partial charge in [0.2, 0.25) is 0 Å². The lowest BCUT2D eigenvalue weighted by Gasteiger charge is -2.00. The van der Waals surface area contributed by atoms with Gasteiger partial charge in [0, 0.05) is 15.9 Å². The number of aromatic amines is 1. The average molecular weight is 404 g/mol. The molecule has 0 aliphatic carbocycles. The van der Waals surface area contributed by atoms with E-state index in [9.17, 15) is 9.59 Å². The molecule has 0 fully saturated rings. The zero-order valence-corrected chi connectivity index (χ0v) is 16.0. The molecule has 0 saturated carbocycles. The minimum atomic E-state index is -0.241. The molecule has 5 rings (SSSR count). The van der Waals surface area contributed by atoms with Gasteiger partial charge in [0.25, 0.3) is 11.1 Å². The molecule has 7 nitrogen and oxygen atoms in total. The third-order valence-electron chi connectivity index (χ3n) is 4.83. The molecule has 8 heteroatoms. The quantitative estimate of drug-likeness (QED) is 0.490. The Morgan fingerprint density at radius 1 is 1.03 bits per heavy atom. The molecule has 0 amide bonds. The molecule has 0 spiro atoms. The van der Waals surface area contributed by atoms with E-state index in [1.165, 1.54) is 9.20 Å².